The molecule has 67 heavy (non-hydrogen) atoms. The van der Waals surface area contributed by atoms with Crippen molar-refractivity contribution >= 4 is 47.9 Å². The van der Waals surface area contributed by atoms with Crippen LogP contribution < -0.4 is 48.1 Å². The first-order chi connectivity index (χ1) is 31.7. The molecule has 2 heterocycles. The van der Waals surface area contributed by atoms with Crippen molar-refractivity contribution in [2.24, 2.45) is 11.5 Å². The summed E-state index contributed by atoms with van der Waals surface area (Å²) in [4.78, 5) is 73.8. The molecule has 2 aromatic carbocycles. The first kappa shape index (κ1) is 51.8. The van der Waals surface area contributed by atoms with E-state index >= 15 is 0 Å². The summed E-state index contributed by atoms with van der Waals surface area (Å²) in [7, 11) is 0. The molecule has 0 aliphatic carbocycles. The molecule has 2 aromatic rings. The van der Waals surface area contributed by atoms with Gasteiger partial charge in [0, 0.05) is 26.9 Å². The lowest BCUT2D eigenvalue weighted by atomic mass is 9.92. The molecule has 0 unspecified atom stereocenters. The zero-order valence-electron chi connectivity index (χ0n) is 35.7. The van der Waals surface area contributed by atoms with Crippen LogP contribution in [0, 0.1) is 10.8 Å². The van der Waals surface area contributed by atoms with Crippen molar-refractivity contribution in [1.82, 2.24) is 31.9 Å². The van der Waals surface area contributed by atoms with Gasteiger partial charge in [0.25, 0.3) is 0 Å². The number of amides is 4. The van der Waals surface area contributed by atoms with Crippen LogP contribution in [0.3, 0.4) is 0 Å². The number of guanidine groups is 2. The molecule has 0 fully saturated rings. The monoisotopic (exact) mass is 944 g/mol. The SMILES string of the molecule is CC(=O)N[C@H]1[C@H]([C@H](OC(=O)NCc2ccc(Oc3ccc(CNC(=O)O[C@@H]([C@@H]4OC(C(=O)O)=C[C@H](NC(=N)N)[C@H]4NC(C)=O)[C@@H](O)CO)cc3)cc2)[C@H](O)CO)OC(C(=O)O)=C[C@@H]1NC(=N)N. The third-order valence-electron chi connectivity index (χ3n) is 9.70. The van der Waals surface area contributed by atoms with Crippen LogP contribution in [0.4, 0.5) is 9.59 Å². The Bertz CT molecular complexity index is 2040. The summed E-state index contributed by atoms with van der Waals surface area (Å²) < 4.78 is 27.7. The second-order valence-corrected chi connectivity index (χ2v) is 14.8. The third kappa shape index (κ3) is 15.1. The first-order valence-electron chi connectivity index (χ1n) is 20.0. The number of benzene rings is 2. The van der Waals surface area contributed by atoms with E-state index < -0.39 is 133 Å². The number of hydrogen-bond donors (Lipinski definition) is 16. The summed E-state index contributed by atoms with van der Waals surface area (Å²) in [6, 6.07) is 7.91. The zero-order valence-corrected chi connectivity index (χ0v) is 35.7. The van der Waals surface area contributed by atoms with E-state index in [-0.39, 0.29) is 13.1 Å². The maximum atomic E-state index is 13.0. The molecule has 2 aliphatic heterocycles. The van der Waals surface area contributed by atoms with E-state index in [1.165, 1.54) is 0 Å². The van der Waals surface area contributed by atoms with E-state index in [4.69, 9.17) is 46.0 Å². The van der Waals surface area contributed by atoms with Gasteiger partial charge in [-0.15, -0.1) is 0 Å². The zero-order chi connectivity index (χ0) is 49.5. The number of carbonyl (C=O) groups excluding carboxylic acids is 4. The molecule has 4 rings (SSSR count). The van der Waals surface area contributed by atoms with Crippen molar-refractivity contribution in [2.75, 3.05) is 13.2 Å². The highest BCUT2D eigenvalue weighted by molar-refractivity contribution is 5.86. The molecule has 0 saturated carbocycles. The van der Waals surface area contributed by atoms with Crippen LogP contribution in [-0.4, -0.2) is 153 Å². The topological polar surface area (TPSA) is 442 Å². The van der Waals surface area contributed by atoms with Gasteiger partial charge in [-0.25, -0.2) is 19.2 Å². The Morgan fingerprint density at radius 2 is 0.970 bits per heavy atom. The summed E-state index contributed by atoms with van der Waals surface area (Å²) in [6.07, 6.45) is -10.5. The van der Waals surface area contributed by atoms with Crippen LogP contribution in [0.1, 0.15) is 25.0 Å². The number of aliphatic hydroxyl groups is 4. The molecule has 18 N–H and O–H groups in total. The molecule has 4 amide bonds. The highest BCUT2D eigenvalue weighted by Crippen LogP contribution is 2.27. The second kappa shape index (κ2) is 23.9. The minimum absolute atomic E-state index is 0.123. The third-order valence-corrected chi connectivity index (χ3v) is 9.70. The molecule has 10 atom stereocenters. The normalized spacial score (nSPS) is 21.5. The Hall–Kier alpha value is -7.88. The van der Waals surface area contributed by atoms with Crippen LogP contribution in [0.25, 0.3) is 0 Å². The molecule has 0 radical (unpaired) electrons. The smallest absolute Gasteiger partial charge is 0.407 e. The van der Waals surface area contributed by atoms with Gasteiger partial charge in [-0.2, -0.15) is 0 Å². The lowest BCUT2D eigenvalue weighted by molar-refractivity contribution is -0.147. The number of carbonyl (C=O) groups is 6. The lowest BCUT2D eigenvalue weighted by Gasteiger charge is -2.41. The Morgan fingerprint density at radius 3 is 1.25 bits per heavy atom. The van der Waals surface area contributed by atoms with Gasteiger partial charge < -0.3 is 97.7 Å². The summed E-state index contributed by atoms with van der Waals surface area (Å²) in [5, 5.41) is 90.2. The van der Waals surface area contributed by atoms with Gasteiger partial charge in [0.2, 0.25) is 23.3 Å². The van der Waals surface area contributed by atoms with E-state index in [1.807, 2.05) is 0 Å². The maximum Gasteiger partial charge on any atom is 0.407 e. The molecule has 364 valence electrons. The van der Waals surface area contributed by atoms with Crippen LogP contribution in [0.2, 0.25) is 0 Å². The predicted molar refractivity (Wildman–Crippen MR) is 227 cm³/mol. The Balaban J connectivity index is 1.35. The Kier molecular flexibility index (Phi) is 18.4. The number of aliphatic carboxylic acids is 2. The molecule has 27 heteroatoms. The van der Waals surface area contributed by atoms with Crippen molar-refractivity contribution in [3.05, 3.63) is 83.3 Å². The number of ether oxygens (including phenoxy) is 5. The van der Waals surface area contributed by atoms with E-state index in [1.54, 1.807) is 48.5 Å². The average molecular weight is 945 g/mol. The lowest BCUT2D eigenvalue weighted by Crippen LogP contribution is -2.65. The first-order valence-corrected chi connectivity index (χ1v) is 20.0. The number of carboxylic acids is 2. The van der Waals surface area contributed by atoms with E-state index in [0.29, 0.717) is 22.6 Å². The fourth-order valence-electron chi connectivity index (χ4n) is 6.78. The standard InChI is InChI=1S/C40H52N10O17/c1-17(53)47-29-23(49-37(41)42)11-27(35(57)58)64-33(29)31(25(55)15-51)66-39(61)45-13-19-3-7-21(8-4-19)63-22-9-5-20(6-10-22)14-46-40(62)67-32(26(56)16-52)34-30(48-18(2)54)24(50-38(43)44)12-28(65-34)36(59)60/h3-12,23-26,29-34,51-52,55-56H,13-16H2,1-2H3,(H,45,61)(H,46,62)(H,47,53)(H,48,54)(H,57,58)(H,59,60)(H4,41,42,49)(H4,43,44,50)/t23-,24-,25-,26+,29+,30+,31+,32+,33+,34+/m0/s1. The van der Waals surface area contributed by atoms with Gasteiger partial charge in [0.05, 0.1) is 37.4 Å². The van der Waals surface area contributed by atoms with Crippen LogP contribution in [-0.2, 0) is 51.2 Å². The quantitative estimate of drug-likeness (QED) is 0.0460. The molecule has 0 spiro atoms. The van der Waals surface area contributed by atoms with Crippen molar-refractivity contribution in [2.45, 2.75) is 87.7 Å². The molecule has 27 nitrogen and oxygen atoms in total. The fourth-order valence-corrected chi connectivity index (χ4v) is 6.78. The molecule has 0 bridgehead atoms. The van der Waals surface area contributed by atoms with Crippen molar-refractivity contribution in [3.8, 4) is 11.5 Å². The number of rotatable bonds is 20. The Morgan fingerprint density at radius 1 is 0.627 bits per heavy atom. The highest BCUT2D eigenvalue weighted by atomic mass is 16.6. The van der Waals surface area contributed by atoms with Crippen LogP contribution in [0.15, 0.2) is 72.2 Å². The summed E-state index contributed by atoms with van der Waals surface area (Å²) in [5.41, 5.74) is 12.0. The highest BCUT2D eigenvalue weighted by Gasteiger charge is 2.48. The summed E-state index contributed by atoms with van der Waals surface area (Å²) in [5.74, 6) is -6.14. The molecular weight excluding hydrogens is 892 g/mol. The minimum Gasteiger partial charge on any atom is -0.477 e. The summed E-state index contributed by atoms with van der Waals surface area (Å²) in [6.45, 7) is 0.112. The van der Waals surface area contributed by atoms with Crippen molar-refractivity contribution < 1.29 is 83.1 Å². The van der Waals surface area contributed by atoms with Crippen LogP contribution in [0.5, 0.6) is 11.5 Å². The predicted octanol–water partition coefficient (Wildman–Crippen LogP) is -3.18. The molecule has 0 aromatic heterocycles. The Labute approximate surface area is 380 Å². The van der Waals surface area contributed by atoms with Crippen LogP contribution >= 0.6 is 0 Å². The van der Waals surface area contributed by atoms with Gasteiger partial charge >= 0.3 is 24.1 Å². The van der Waals surface area contributed by atoms with Gasteiger partial charge in [0.1, 0.15) is 23.7 Å². The number of hydrogen-bond acceptors (Lipinski definition) is 17. The molecular formula is C40H52N10O17. The van der Waals surface area contributed by atoms with Gasteiger partial charge in [-0.1, -0.05) is 24.3 Å². The number of nitrogens with two attached hydrogens (primary N) is 2. The van der Waals surface area contributed by atoms with E-state index in [0.717, 1.165) is 26.0 Å². The summed E-state index contributed by atoms with van der Waals surface area (Å²) >= 11 is 0. The minimum atomic E-state index is -1.82. The largest absolute Gasteiger partial charge is 0.477 e. The van der Waals surface area contributed by atoms with Gasteiger partial charge in [-0.05, 0) is 47.5 Å². The number of carboxylic acid groups (broad SMARTS) is 2. The van der Waals surface area contributed by atoms with E-state index in [2.05, 4.69) is 31.9 Å². The average Bonchev–Trinajstić information content (AvgIpc) is 3.26. The number of alkyl carbamates (subject to hydrolysis) is 2. The maximum absolute atomic E-state index is 13.0. The van der Waals surface area contributed by atoms with Crippen molar-refractivity contribution in [1.29, 1.82) is 10.8 Å². The number of nitrogens with one attached hydrogen (secondary N) is 8. The van der Waals surface area contributed by atoms with E-state index in [9.17, 15) is 59.4 Å². The van der Waals surface area contributed by atoms with Gasteiger partial charge in [0.15, 0.2) is 36.3 Å². The second-order valence-electron chi connectivity index (χ2n) is 14.8. The van der Waals surface area contributed by atoms with Gasteiger partial charge in [-0.3, -0.25) is 20.4 Å². The molecule has 2 aliphatic rings. The molecule has 0 saturated heterocycles. The van der Waals surface area contributed by atoms with Crippen molar-refractivity contribution in [3.63, 3.8) is 0 Å². The fraction of sp³-hybridized carbons (Fsp3) is 0.400. The number of aliphatic hydroxyl groups excluding tert-OH is 4.